The zero-order valence-corrected chi connectivity index (χ0v) is 10.1. The average molecular weight is 261 g/mol. The van der Waals surface area contributed by atoms with Gasteiger partial charge >= 0.3 is 0 Å². The first-order chi connectivity index (χ1) is 5.68. The Labute approximate surface area is 93.9 Å². The topological polar surface area (TPSA) is 0 Å². The molecule has 0 atom stereocenters. The fraction of sp³-hybridized carbons (Fsp3) is 0.333. The van der Waals surface area contributed by atoms with Gasteiger partial charge < -0.3 is 0 Å². The van der Waals surface area contributed by atoms with Crippen LogP contribution in [0, 0.1) is 5.92 Å². The van der Waals surface area contributed by atoms with Crippen LogP contribution >= 0.6 is 0 Å². The molecule has 0 saturated heterocycles. The van der Waals surface area contributed by atoms with Crippen LogP contribution in [0.15, 0.2) is 47.6 Å². The summed E-state index contributed by atoms with van der Waals surface area (Å²) in [7, 11) is 0. The monoisotopic (exact) mass is 262 g/mol. The molecule has 0 N–H and O–H groups in total. The van der Waals surface area contributed by atoms with E-state index in [-0.39, 0.29) is 19.5 Å². The first-order valence-corrected chi connectivity index (χ1v) is 4.37. The molecule has 0 amide bonds. The molecule has 0 aromatic rings. The Morgan fingerprint density at radius 2 is 1.62 bits per heavy atom. The molecule has 0 aliphatic heterocycles. The smallest absolute Gasteiger partial charge is 0.0139 e. The molecule has 0 heterocycles. The largest absolute Gasteiger partial charge is 0.0762 e. The summed E-state index contributed by atoms with van der Waals surface area (Å²) in [5.74, 6) is 0.514. The zero-order chi connectivity index (χ0) is 8.97. The number of rotatable bonds is 2. The molecule has 0 unspecified atom stereocenters. The van der Waals surface area contributed by atoms with Crippen molar-refractivity contribution in [2.24, 2.45) is 5.92 Å². The minimum atomic E-state index is 0. The molecule has 0 radical (unpaired) electrons. The van der Waals surface area contributed by atoms with Crippen molar-refractivity contribution in [3.8, 4) is 0 Å². The third-order valence-electron chi connectivity index (χ3n) is 1.75. The fourth-order valence-electron chi connectivity index (χ4n) is 1.37. The van der Waals surface area contributed by atoms with Crippen molar-refractivity contribution in [3.63, 3.8) is 0 Å². The molecule has 0 bridgehead atoms. The van der Waals surface area contributed by atoms with Gasteiger partial charge in [0.25, 0.3) is 0 Å². The van der Waals surface area contributed by atoms with Crippen LogP contribution in [0.2, 0.25) is 0 Å². The first-order valence-electron chi connectivity index (χ1n) is 4.37. The third kappa shape index (κ3) is 5.00. The van der Waals surface area contributed by atoms with Gasteiger partial charge in [0.05, 0.1) is 0 Å². The van der Waals surface area contributed by atoms with Gasteiger partial charge in [-0.2, -0.15) is 0 Å². The van der Waals surface area contributed by atoms with Crippen molar-refractivity contribution < 1.29 is 19.5 Å². The molecule has 0 fully saturated rings. The number of hydrogen-bond acceptors (Lipinski definition) is 0. The van der Waals surface area contributed by atoms with Crippen LogP contribution in [0.1, 0.15) is 20.8 Å². The van der Waals surface area contributed by atoms with Gasteiger partial charge in [-0.25, -0.2) is 0 Å². The van der Waals surface area contributed by atoms with Crippen LogP contribution in [0.4, 0.5) is 0 Å². The van der Waals surface area contributed by atoms with E-state index in [0.717, 1.165) is 0 Å². The Morgan fingerprint density at radius 3 is 2.08 bits per heavy atom. The van der Waals surface area contributed by atoms with E-state index in [1.54, 1.807) is 0 Å². The molecule has 72 valence electrons. The predicted octanol–water partition coefficient (Wildman–Crippen LogP) is 3.64. The minimum Gasteiger partial charge on any atom is -0.0762 e. The summed E-state index contributed by atoms with van der Waals surface area (Å²) in [6.45, 7) is 6.39. The third-order valence-corrected chi connectivity index (χ3v) is 1.75. The van der Waals surface area contributed by atoms with Gasteiger partial charge in [0.2, 0.25) is 0 Å². The maximum atomic E-state index is 2.27. The molecule has 1 heteroatoms. The van der Waals surface area contributed by atoms with Crippen LogP contribution in [0.3, 0.4) is 0 Å². The number of allylic oxidation sites excluding steroid dienone is 8. The number of hydrogen-bond donors (Lipinski definition) is 0. The Balaban J connectivity index is 0.00000144. The fourth-order valence-corrected chi connectivity index (χ4v) is 1.37. The van der Waals surface area contributed by atoms with Gasteiger partial charge in [0, 0.05) is 25.4 Å². The van der Waals surface area contributed by atoms with E-state index in [1.165, 1.54) is 11.1 Å². The van der Waals surface area contributed by atoms with Crippen molar-refractivity contribution in [2.45, 2.75) is 20.8 Å². The normalized spacial score (nSPS) is 15.8. The molecule has 0 saturated carbocycles. The summed E-state index contributed by atoms with van der Waals surface area (Å²) in [6.07, 6.45) is 13.1. The summed E-state index contributed by atoms with van der Waals surface area (Å²) in [5, 5.41) is 0. The van der Waals surface area contributed by atoms with Crippen LogP contribution < -0.4 is 0 Å². The van der Waals surface area contributed by atoms with E-state index >= 15 is 0 Å². The Morgan fingerprint density at radius 1 is 1.08 bits per heavy atom. The van der Waals surface area contributed by atoms with Crippen LogP contribution in [-0.2, 0) is 19.5 Å². The molecule has 0 aromatic heterocycles. The Bertz CT molecular complexity index is 251. The van der Waals surface area contributed by atoms with Crippen LogP contribution in [-0.4, -0.2) is 0 Å². The summed E-state index contributed by atoms with van der Waals surface area (Å²) >= 11 is 0. The van der Waals surface area contributed by atoms with Crippen molar-refractivity contribution in [1.29, 1.82) is 0 Å². The standard InChI is InChI=1S/C12H16.Ru/c1-10(2)8-11(3)9-12-6-4-5-7-12;/h4-9,12H,1-3H3;. The van der Waals surface area contributed by atoms with E-state index in [9.17, 15) is 0 Å². The molecule has 1 rings (SSSR count). The van der Waals surface area contributed by atoms with Crippen molar-refractivity contribution >= 4 is 0 Å². The molecule has 1 aliphatic carbocycles. The summed E-state index contributed by atoms with van der Waals surface area (Å²) in [5.41, 5.74) is 2.70. The first kappa shape index (κ1) is 12.6. The molecular weight excluding hydrogens is 245 g/mol. The maximum absolute atomic E-state index is 2.27. The van der Waals surface area contributed by atoms with Gasteiger partial charge in [-0.1, -0.05) is 47.6 Å². The van der Waals surface area contributed by atoms with Gasteiger partial charge in [-0.05, 0) is 20.8 Å². The van der Waals surface area contributed by atoms with E-state index < -0.39 is 0 Å². The second-order valence-corrected chi connectivity index (χ2v) is 3.48. The van der Waals surface area contributed by atoms with E-state index in [1.807, 2.05) is 0 Å². The summed E-state index contributed by atoms with van der Waals surface area (Å²) in [6, 6.07) is 0. The van der Waals surface area contributed by atoms with Gasteiger partial charge in [-0.3, -0.25) is 0 Å². The predicted molar refractivity (Wildman–Crippen MR) is 55.0 cm³/mol. The molecule has 0 spiro atoms. The molecule has 1 aliphatic rings. The van der Waals surface area contributed by atoms with E-state index in [2.05, 4.69) is 57.2 Å². The maximum Gasteiger partial charge on any atom is 0.0139 e. The van der Waals surface area contributed by atoms with Gasteiger partial charge in [-0.15, -0.1) is 0 Å². The average Bonchev–Trinajstić information content (AvgIpc) is 2.37. The Hall–Kier alpha value is -0.417. The second-order valence-electron chi connectivity index (χ2n) is 3.48. The van der Waals surface area contributed by atoms with E-state index in [4.69, 9.17) is 0 Å². The van der Waals surface area contributed by atoms with Crippen LogP contribution in [0.5, 0.6) is 0 Å². The van der Waals surface area contributed by atoms with E-state index in [0.29, 0.717) is 5.92 Å². The van der Waals surface area contributed by atoms with Gasteiger partial charge in [0.15, 0.2) is 0 Å². The SMILES string of the molecule is CC(C)=CC(C)=CC1C=CC=C1.[Ru]. The molecule has 0 nitrogen and oxygen atoms in total. The summed E-state index contributed by atoms with van der Waals surface area (Å²) in [4.78, 5) is 0. The zero-order valence-electron chi connectivity index (χ0n) is 8.40. The van der Waals surface area contributed by atoms with Crippen molar-refractivity contribution in [1.82, 2.24) is 0 Å². The Kier molecular flexibility index (Phi) is 5.91. The van der Waals surface area contributed by atoms with Crippen molar-refractivity contribution in [2.75, 3.05) is 0 Å². The molecular formula is C12H16Ru. The quantitative estimate of drug-likeness (QED) is 0.526. The molecule has 13 heavy (non-hydrogen) atoms. The van der Waals surface area contributed by atoms with Crippen molar-refractivity contribution in [3.05, 3.63) is 47.6 Å². The van der Waals surface area contributed by atoms with Gasteiger partial charge in [0.1, 0.15) is 0 Å². The van der Waals surface area contributed by atoms with Crippen LogP contribution in [0.25, 0.3) is 0 Å². The molecule has 0 aromatic carbocycles. The minimum absolute atomic E-state index is 0. The summed E-state index contributed by atoms with van der Waals surface area (Å²) < 4.78 is 0. The second kappa shape index (κ2) is 6.10.